The molecular weight excluding hydrogens is 274 g/mol. The van der Waals surface area contributed by atoms with Crippen LogP contribution in [0.15, 0.2) is 29.2 Å². The van der Waals surface area contributed by atoms with Crippen molar-refractivity contribution in [3.63, 3.8) is 0 Å². The highest BCUT2D eigenvalue weighted by Crippen LogP contribution is 2.14. The zero-order valence-corrected chi connectivity index (χ0v) is 13.1. The number of aliphatic hydroxyl groups excluding tert-OH is 1. The van der Waals surface area contributed by atoms with E-state index in [0.29, 0.717) is 16.2 Å². The Bertz CT molecular complexity index is 476. The Labute approximate surface area is 123 Å². The van der Waals surface area contributed by atoms with Gasteiger partial charge in [0, 0.05) is 12.3 Å². The predicted octanol–water partition coefficient (Wildman–Crippen LogP) is 1.95. The maximum atomic E-state index is 12.1. The Morgan fingerprint density at radius 2 is 2.00 bits per heavy atom. The highest BCUT2D eigenvalue weighted by atomic mass is 32.2. The van der Waals surface area contributed by atoms with Crippen LogP contribution in [0.2, 0.25) is 0 Å². The molecule has 112 valence electrons. The van der Waals surface area contributed by atoms with Crippen LogP contribution in [0.1, 0.15) is 37.6 Å². The lowest BCUT2D eigenvalue weighted by Crippen LogP contribution is -2.35. The predicted molar refractivity (Wildman–Crippen MR) is 81.2 cm³/mol. The van der Waals surface area contributed by atoms with E-state index in [1.807, 2.05) is 20.8 Å². The van der Waals surface area contributed by atoms with E-state index in [9.17, 15) is 14.1 Å². The molecule has 1 aromatic carbocycles. The molecule has 0 aliphatic rings. The van der Waals surface area contributed by atoms with Gasteiger partial charge in [-0.3, -0.25) is 9.00 Å². The summed E-state index contributed by atoms with van der Waals surface area (Å²) >= 11 is 0. The van der Waals surface area contributed by atoms with Crippen molar-refractivity contribution in [2.45, 2.75) is 38.2 Å². The van der Waals surface area contributed by atoms with Crippen LogP contribution in [0, 0.1) is 5.92 Å². The quantitative estimate of drug-likeness (QED) is 0.808. The molecule has 0 aliphatic carbocycles. The van der Waals surface area contributed by atoms with Gasteiger partial charge in [-0.2, -0.15) is 0 Å². The monoisotopic (exact) mass is 297 g/mol. The third-order valence-electron chi connectivity index (χ3n) is 3.41. The number of carbonyl (C=O) groups excluding carboxylic acids is 1. The fraction of sp³-hybridized carbons (Fsp3) is 0.533. The van der Waals surface area contributed by atoms with Crippen molar-refractivity contribution >= 4 is 16.7 Å². The maximum Gasteiger partial charge on any atom is 0.252 e. The van der Waals surface area contributed by atoms with Crippen LogP contribution in [0.5, 0.6) is 0 Å². The van der Waals surface area contributed by atoms with Gasteiger partial charge in [0.1, 0.15) is 0 Å². The largest absolute Gasteiger partial charge is 0.391 e. The van der Waals surface area contributed by atoms with Crippen LogP contribution >= 0.6 is 0 Å². The van der Waals surface area contributed by atoms with E-state index in [1.54, 1.807) is 24.3 Å². The molecule has 0 aliphatic heterocycles. The average Bonchev–Trinajstić information content (AvgIpc) is 2.50. The molecule has 0 heterocycles. The first-order valence-electron chi connectivity index (χ1n) is 6.94. The fourth-order valence-electron chi connectivity index (χ4n) is 1.77. The molecule has 1 aromatic rings. The summed E-state index contributed by atoms with van der Waals surface area (Å²) in [6.07, 6.45) is 0.292. The number of benzene rings is 1. The topological polar surface area (TPSA) is 66.4 Å². The van der Waals surface area contributed by atoms with Crippen molar-refractivity contribution in [1.29, 1.82) is 0 Å². The van der Waals surface area contributed by atoms with E-state index >= 15 is 0 Å². The van der Waals surface area contributed by atoms with Gasteiger partial charge in [-0.1, -0.05) is 39.3 Å². The minimum absolute atomic E-state index is 0.135. The first kappa shape index (κ1) is 16.9. The molecule has 2 N–H and O–H groups in total. The molecule has 20 heavy (non-hydrogen) atoms. The molecular formula is C15H23NO3S. The molecule has 4 nitrogen and oxygen atoms in total. The summed E-state index contributed by atoms with van der Waals surface area (Å²) in [5, 5.41) is 12.6. The van der Waals surface area contributed by atoms with Gasteiger partial charge in [-0.15, -0.1) is 0 Å². The average molecular weight is 297 g/mol. The third-order valence-corrected chi connectivity index (χ3v) is 4.78. The minimum Gasteiger partial charge on any atom is -0.391 e. The van der Waals surface area contributed by atoms with Crippen molar-refractivity contribution in [2.24, 2.45) is 5.92 Å². The molecule has 0 saturated carbocycles. The van der Waals surface area contributed by atoms with Gasteiger partial charge in [0.2, 0.25) is 0 Å². The van der Waals surface area contributed by atoms with Crippen LogP contribution in [0.3, 0.4) is 0 Å². The molecule has 0 bridgehead atoms. The first-order valence-corrected chi connectivity index (χ1v) is 8.26. The second kappa shape index (κ2) is 8.17. The molecule has 0 saturated heterocycles. The Hall–Kier alpha value is -1.20. The summed E-state index contributed by atoms with van der Waals surface area (Å²) in [7, 11) is -1.17. The lowest BCUT2D eigenvalue weighted by atomic mass is 10.0. The third kappa shape index (κ3) is 4.42. The second-order valence-corrected chi connectivity index (χ2v) is 6.50. The van der Waals surface area contributed by atoms with Gasteiger partial charge in [0.25, 0.3) is 5.91 Å². The molecule has 3 atom stereocenters. The smallest absolute Gasteiger partial charge is 0.252 e. The van der Waals surface area contributed by atoms with Gasteiger partial charge in [-0.25, -0.2) is 0 Å². The van der Waals surface area contributed by atoms with E-state index in [1.165, 1.54) is 0 Å². The molecule has 0 fully saturated rings. The molecule has 0 radical (unpaired) electrons. The zero-order valence-electron chi connectivity index (χ0n) is 12.3. The molecule has 5 heteroatoms. The molecule has 1 amide bonds. The second-order valence-electron chi connectivity index (χ2n) is 4.79. The van der Waals surface area contributed by atoms with Gasteiger partial charge in [0.05, 0.1) is 27.4 Å². The normalized spacial score (nSPS) is 15.4. The van der Waals surface area contributed by atoms with Crippen LogP contribution in [0.25, 0.3) is 0 Å². The van der Waals surface area contributed by atoms with Gasteiger partial charge in [0.15, 0.2) is 0 Å². The highest BCUT2D eigenvalue weighted by Gasteiger charge is 2.17. The van der Waals surface area contributed by atoms with Gasteiger partial charge < -0.3 is 10.4 Å². The van der Waals surface area contributed by atoms with Crippen LogP contribution in [-0.4, -0.2) is 33.6 Å². The molecule has 3 unspecified atom stereocenters. The molecule has 0 aromatic heterocycles. The van der Waals surface area contributed by atoms with Crippen molar-refractivity contribution < 1.29 is 14.1 Å². The van der Waals surface area contributed by atoms with E-state index < -0.39 is 16.9 Å². The molecule has 1 rings (SSSR count). The molecule has 0 spiro atoms. The van der Waals surface area contributed by atoms with Gasteiger partial charge in [-0.05, 0) is 18.1 Å². The number of carbonyl (C=O) groups is 1. The standard InChI is InChI=1S/C15H23NO3S/c1-4-11(3)13(17)10-16-15(18)12-8-6-7-9-14(12)20(19)5-2/h6-9,11,13,17H,4-5,10H2,1-3H3,(H,16,18). The number of hydrogen-bond acceptors (Lipinski definition) is 3. The summed E-state index contributed by atoms with van der Waals surface area (Å²) < 4.78 is 11.9. The van der Waals surface area contributed by atoms with Gasteiger partial charge >= 0.3 is 0 Å². The Balaban J connectivity index is 2.76. The summed E-state index contributed by atoms with van der Waals surface area (Å²) in [6, 6.07) is 6.89. The van der Waals surface area contributed by atoms with Crippen LogP contribution in [0.4, 0.5) is 0 Å². The van der Waals surface area contributed by atoms with Crippen molar-refractivity contribution in [2.75, 3.05) is 12.3 Å². The lowest BCUT2D eigenvalue weighted by Gasteiger charge is -2.18. The van der Waals surface area contributed by atoms with E-state index in [4.69, 9.17) is 0 Å². The Morgan fingerprint density at radius 1 is 1.35 bits per heavy atom. The van der Waals surface area contributed by atoms with Crippen molar-refractivity contribution in [3.8, 4) is 0 Å². The number of aliphatic hydroxyl groups is 1. The lowest BCUT2D eigenvalue weighted by molar-refractivity contribution is 0.0847. The number of rotatable bonds is 7. The van der Waals surface area contributed by atoms with Crippen molar-refractivity contribution in [3.05, 3.63) is 29.8 Å². The number of amides is 1. The highest BCUT2D eigenvalue weighted by molar-refractivity contribution is 7.85. The van der Waals surface area contributed by atoms with E-state index in [0.717, 1.165) is 6.42 Å². The summed E-state index contributed by atoms with van der Waals surface area (Å²) in [5.41, 5.74) is 0.420. The van der Waals surface area contributed by atoms with E-state index in [2.05, 4.69) is 5.32 Å². The summed E-state index contributed by atoms with van der Waals surface area (Å²) in [4.78, 5) is 12.7. The Kier molecular flexibility index (Phi) is 6.88. The Morgan fingerprint density at radius 3 is 2.60 bits per heavy atom. The minimum atomic E-state index is -1.17. The fourth-order valence-corrected chi connectivity index (χ4v) is 2.72. The summed E-state index contributed by atoms with van der Waals surface area (Å²) in [5.74, 6) is 0.319. The van der Waals surface area contributed by atoms with Crippen molar-refractivity contribution in [1.82, 2.24) is 5.32 Å². The SMILES string of the molecule is CCC(C)C(O)CNC(=O)c1ccccc1S(=O)CC. The maximum absolute atomic E-state index is 12.1. The number of nitrogens with one attached hydrogen (secondary N) is 1. The zero-order chi connectivity index (χ0) is 15.1. The van der Waals surface area contributed by atoms with Crippen LogP contribution in [-0.2, 0) is 10.8 Å². The summed E-state index contributed by atoms with van der Waals surface area (Å²) in [6.45, 7) is 5.96. The first-order chi connectivity index (χ1) is 9.51. The number of hydrogen-bond donors (Lipinski definition) is 2. The van der Waals surface area contributed by atoms with E-state index in [-0.39, 0.29) is 18.4 Å². The van der Waals surface area contributed by atoms with Crippen LogP contribution < -0.4 is 5.32 Å².